The number of rotatable bonds is 11. The van der Waals surface area contributed by atoms with Crippen LogP contribution in [0.15, 0.2) is 70.7 Å². The predicted molar refractivity (Wildman–Crippen MR) is 142 cm³/mol. The fourth-order valence-corrected chi connectivity index (χ4v) is 5.09. The number of hydrazone groups is 1. The van der Waals surface area contributed by atoms with E-state index < -0.39 is 22.5 Å². The molecule has 0 atom stereocenters. The molecule has 9 nitrogen and oxygen atoms in total. The highest BCUT2D eigenvalue weighted by atomic mass is 35.5. The number of carbonyl (C=O) groups excluding carboxylic acids is 1. The van der Waals surface area contributed by atoms with E-state index in [4.69, 9.17) is 37.4 Å². The fourth-order valence-electron chi connectivity index (χ4n) is 3.39. The standard InChI is InChI=1S/C25H25Cl2N3O6S/c1-34-22-13-8-17(24(35-2)25(22)36-3)14-28-29-23(31)16-30(15-18-6-4-5-7-21(18)27)37(32,33)20-11-9-19(26)10-12-20/h4-14H,15-16H2,1-3H3,(H,29,31)/b28-14-. The second kappa shape index (κ2) is 12.8. The van der Waals surface area contributed by atoms with E-state index in [1.807, 2.05) is 0 Å². The molecule has 0 aliphatic carbocycles. The van der Waals surface area contributed by atoms with Crippen LogP contribution in [0.1, 0.15) is 11.1 Å². The Morgan fingerprint density at radius 1 is 0.946 bits per heavy atom. The Hall–Kier alpha value is -3.31. The molecule has 3 aromatic carbocycles. The van der Waals surface area contributed by atoms with Crippen molar-refractivity contribution >= 4 is 45.3 Å². The fraction of sp³-hybridized carbons (Fsp3) is 0.200. The highest BCUT2D eigenvalue weighted by Crippen LogP contribution is 2.39. The van der Waals surface area contributed by atoms with Gasteiger partial charge in [0.05, 0.1) is 39.0 Å². The Kier molecular flexibility index (Phi) is 9.76. The van der Waals surface area contributed by atoms with E-state index >= 15 is 0 Å². The van der Waals surface area contributed by atoms with E-state index in [2.05, 4.69) is 10.5 Å². The van der Waals surface area contributed by atoms with Crippen molar-refractivity contribution in [2.24, 2.45) is 5.10 Å². The van der Waals surface area contributed by atoms with E-state index in [9.17, 15) is 13.2 Å². The molecule has 1 amide bonds. The number of sulfonamides is 1. The number of ether oxygens (including phenoxy) is 3. The van der Waals surface area contributed by atoms with Gasteiger partial charge in [0.25, 0.3) is 5.91 Å². The van der Waals surface area contributed by atoms with E-state index in [0.717, 1.165) is 4.31 Å². The quantitative estimate of drug-likeness (QED) is 0.273. The van der Waals surface area contributed by atoms with Crippen LogP contribution in [0.2, 0.25) is 10.0 Å². The predicted octanol–water partition coefficient (Wildman–Crippen LogP) is 4.36. The van der Waals surface area contributed by atoms with Crippen LogP contribution in [0.5, 0.6) is 17.2 Å². The van der Waals surface area contributed by atoms with Crippen LogP contribution in [0.4, 0.5) is 0 Å². The first kappa shape index (κ1) is 28.3. The van der Waals surface area contributed by atoms with Crippen LogP contribution < -0.4 is 19.6 Å². The molecule has 0 unspecified atom stereocenters. The van der Waals surface area contributed by atoms with Crippen LogP contribution in [0, 0.1) is 0 Å². The molecule has 37 heavy (non-hydrogen) atoms. The summed E-state index contributed by atoms with van der Waals surface area (Å²) >= 11 is 12.2. The molecule has 0 saturated heterocycles. The minimum absolute atomic E-state index is 0.0182. The Bertz CT molecular complexity index is 1380. The third-order valence-corrected chi connectivity index (χ3v) is 7.63. The van der Waals surface area contributed by atoms with Crippen LogP contribution in [0.3, 0.4) is 0 Å². The monoisotopic (exact) mass is 565 g/mol. The van der Waals surface area contributed by atoms with Crippen LogP contribution >= 0.6 is 23.2 Å². The van der Waals surface area contributed by atoms with E-state index in [0.29, 0.717) is 38.4 Å². The largest absolute Gasteiger partial charge is 0.493 e. The van der Waals surface area contributed by atoms with Gasteiger partial charge in [-0.3, -0.25) is 4.79 Å². The Balaban J connectivity index is 1.83. The van der Waals surface area contributed by atoms with Crippen LogP contribution in [-0.4, -0.2) is 52.7 Å². The molecule has 0 fully saturated rings. The number of halogens is 2. The van der Waals surface area contributed by atoms with Gasteiger partial charge >= 0.3 is 0 Å². The molecular weight excluding hydrogens is 541 g/mol. The second-order valence-electron chi connectivity index (χ2n) is 7.54. The normalized spacial score (nSPS) is 11.5. The summed E-state index contributed by atoms with van der Waals surface area (Å²) in [5.41, 5.74) is 3.39. The van der Waals surface area contributed by atoms with Crippen molar-refractivity contribution in [2.45, 2.75) is 11.4 Å². The minimum atomic E-state index is -4.08. The lowest BCUT2D eigenvalue weighted by atomic mass is 10.2. The van der Waals surface area contributed by atoms with Gasteiger partial charge in [-0.1, -0.05) is 41.4 Å². The van der Waals surface area contributed by atoms with E-state index in [-0.39, 0.29) is 11.4 Å². The molecule has 3 aromatic rings. The number of nitrogens with one attached hydrogen (secondary N) is 1. The lowest BCUT2D eigenvalue weighted by Crippen LogP contribution is -2.39. The van der Waals surface area contributed by atoms with Crippen molar-refractivity contribution in [3.05, 3.63) is 81.8 Å². The summed E-state index contributed by atoms with van der Waals surface area (Å²) in [6.45, 7) is -0.651. The van der Waals surface area contributed by atoms with Gasteiger partial charge in [-0.15, -0.1) is 0 Å². The molecule has 1 N–H and O–H groups in total. The summed E-state index contributed by atoms with van der Waals surface area (Å²) in [6, 6.07) is 15.8. The third-order valence-electron chi connectivity index (χ3n) is 5.20. The molecule has 0 aliphatic heterocycles. The first-order valence-corrected chi connectivity index (χ1v) is 13.0. The maximum atomic E-state index is 13.4. The first-order chi connectivity index (χ1) is 17.7. The molecule has 0 radical (unpaired) electrons. The molecule has 0 aliphatic rings. The molecule has 0 spiro atoms. The molecule has 3 rings (SSSR count). The summed E-state index contributed by atoms with van der Waals surface area (Å²) in [7, 11) is 0.348. The summed E-state index contributed by atoms with van der Waals surface area (Å²) in [5.74, 6) is 0.509. The number of amides is 1. The van der Waals surface area contributed by atoms with Crippen LogP contribution in [0.25, 0.3) is 0 Å². The minimum Gasteiger partial charge on any atom is -0.493 e. The van der Waals surface area contributed by atoms with Gasteiger partial charge in [-0.05, 0) is 48.0 Å². The SMILES string of the molecule is COc1ccc(/C=N\NC(=O)CN(Cc2ccccc2Cl)S(=O)(=O)c2ccc(Cl)cc2)c(OC)c1OC. The van der Waals surface area contributed by atoms with Crippen LogP contribution in [-0.2, 0) is 21.4 Å². The lowest BCUT2D eigenvalue weighted by Gasteiger charge is -2.22. The van der Waals surface area contributed by atoms with Crippen molar-refractivity contribution in [1.29, 1.82) is 0 Å². The van der Waals surface area contributed by atoms with Crippen molar-refractivity contribution in [1.82, 2.24) is 9.73 Å². The Morgan fingerprint density at radius 2 is 1.62 bits per heavy atom. The summed E-state index contributed by atoms with van der Waals surface area (Å²) in [5, 5.41) is 4.72. The number of methoxy groups -OCH3 is 3. The molecule has 0 aromatic heterocycles. The smallest absolute Gasteiger partial charge is 0.255 e. The van der Waals surface area contributed by atoms with Gasteiger partial charge < -0.3 is 14.2 Å². The lowest BCUT2D eigenvalue weighted by molar-refractivity contribution is -0.121. The summed E-state index contributed by atoms with van der Waals surface area (Å²) < 4.78 is 43.8. The van der Waals surface area contributed by atoms with E-state index in [1.165, 1.54) is 51.8 Å². The van der Waals surface area contributed by atoms with Gasteiger partial charge in [0, 0.05) is 22.2 Å². The zero-order chi connectivity index (χ0) is 27.0. The van der Waals surface area contributed by atoms with Gasteiger partial charge in [-0.25, -0.2) is 13.8 Å². The van der Waals surface area contributed by atoms with Gasteiger partial charge in [-0.2, -0.15) is 9.41 Å². The average Bonchev–Trinajstić information content (AvgIpc) is 2.89. The Labute approximate surface area is 225 Å². The number of carbonyl (C=O) groups is 1. The molecule has 12 heteroatoms. The molecular formula is C25H25Cl2N3O6S. The van der Waals surface area contributed by atoms with Crippen molar-refractivity contribution in [3.63, 3.8) is 0 Å². The highest BCUT2D eigenvalue weighted by Gasteiger charge is 2.27. The Morgan fingerprint density at radius 3 is 2.24 bits per heavy atom. The zero-order valence-electron chi connectivity index (χ0n) is 20.3. The first-order valence-electron chi connectivity index (χ1n) is 10.8. The number of hydrogen-bond donors (Lipinski definition) is 1. The second-order valence-corrected chi connectivity index (χ2v) is 10.3. The van der Waals surface area contributed by atoms with Crippen molar-refractivity contribution in [3.8, 4) is 17.2 Å². The van der Waals surface area contributed by atoms with Gasteiger partial charge in [0.15, 0.2) is 11.5 Å². The van der Waals surface area contributed by atoms with Crippen molar-refractivity contribution < 1.29 is 27.4 Å². The maximum Gasteiger partial charge on any atom is 0.255 e. The molecule has 0 saturated carbocycles. The number of nitrogens with zero attached hydrogens (tertiary/aromatic N) is 2. The summed E-state index contributed by atoms with van der Waals surface area (Å²) in [4.78, 5) is 12.7. The average molecular weight is 566 g/mol. The zero-order valence-corrected chi connectivity index (χ0v) is 22.6. The third kappa shape index (κ3) is 6.92. The number of benzene rings is 3. The maximum absolute atomic E-state index is 13.4. The van der Waals surface area contributed by atoms with Gasteiger partial charge in [0.1, 0.15) is 0 Å². The van der Waals surface area contributed by atoms with Gasteiger partial charge in [0.2, 0.25) is 15.8 Å². The summed E-state index contributed by atoms with van der Waals surface area (Å²) in [6.07, 6.45) is 1.35. The molecule has 0 bridgehead atoms. The number of hydrogen-bond acceptors (Lipinski definition) is 7. The topological polar surface area (TPSA) is 107 Å². The van der Waals surface area contributed by atoms with E-state index in [1.54, 1.807) is 36.4 Å². The highest BCUT2D eigenvalue weighted by molar-refractivity contribution is 7.89. The molecule has 196 valence electrons. The molecule has 0 heterocycles. The van der Waals surface area contributed by atoms with Crippen molar-refractivity contribution in [2.75, 3.05) is 27.9 Å².